The van der Waals surface area contributed by atoms with E-state index < -0.39 is 8.24 Å². The third-order valence-electron chi connectivity index (χ3n) is 3.00. The maximum atomic E-state index is 4.63. The Morgan fingerprint density at radius 2 is 1.71 bits per heavy atom. The number of aryl methyl sites for hydroxylation is 2. The monoisotopic (exact) mass is 296 g/mol. The number of benzene rings is 1. The Hall–Kier alpha value is -1.87. The van der Waals surface area contributed by atoms with Gasteiger partial charge in [0.15, 0.2) is 0 Å². The first-order chi connectivity index (χ1) is 9.83. The molecule has 0 atom stereocenters. The van der Waals surface area contributed by atoms with Gasteiger partial charge in [-0.05, 0) is 43.2 Å². The molecule has 0 unspecified atom stereocenters. The first-order valence-corrected chi connectivity index (χ1v) is 10.8. The number of nitrogens with zero attached hydrogens (tertiary/aromatic N) is 1. The van der Waals surface area contributed by atoms with Crippen LogP contribution in [0.3, 0.4) is 0 Å². The summed E-state index contributed by atoms with van der Waals surface area (Å²) in [7, 11) is -1.43. The highest BCUT2D eigenvalue weighted by molar-refractivity contribution is 6.74. The summed E-state index contributed by atoms with van der Waals surface area (Å²) in [6.07, 6.45) is 2.16. The van der Waals surface area contributed by atoms with Gasteiger partial charge < -0.3 is 4.98 Å². The lowest BCUT2D eigenvalue weighted by Crippen LogP contribution is -2.39. The number of hydrogen-bond donors (Lipinski definition) is 1. The first kappa shape index (κ1) is 15.5. The predicted molar refractivity (Wildman–Crippen MR) is 94.5 cm³/mol. The molecule has 1 heterocycles. The van der Waals surface area contributed by atoms with Gasteiger partial charge in [0.1, 0.15) is 8.24 Å². The smallest absolute Gasteiger partial charge is 0.144 e. The molecule has 2 aromatic rings. The van der Waals surface area contributed by atoms with Gasteiger partial charge in [-0.2, -0.15) is 0 Å². The molecule has 1 aromatic carbocycles. The molecule has 0 saturated carbocycles. The second-order valence-electron chi connectivity index (χ2n) is 6.51. The van der Waals surface area contributed by atoms with E-state index in [9.17, 15) is 0 Å². The van der Waals surface area contributed by atoms with E-state index in [2.05, 4.69) is 79.0 Å². The first-order valence-electron chi connectivity index (χ1n) is 7.34. The summed E-state index contributed by atoms with van der Waals surface area (Å²) in [4.78, 5) is 8.35. The Labute approximate surface area is 129 Å². The summed E-state index contributed by atoms with van der Waals surface area (Å²) in [6.45, 7) is 11.1. The van der Waals surface area contributed by atoms with E-state index in [1.54, 1.807) is 0 Å². The van der Waals surface area contributed by atoms with Crippen molar-refractivity contribution in [1.82, 2.24) is 9.97 Å². The molecule has 0 aliphatic carbocycles. The summed E-state index contributed by atoms with van der Waals surface area (Å²) in [5.74, 6) is 0. The largest absolute Gasteiger partial charge is 0.410 e. The molecule has 0 spiro atoms. The Balaban J connectivity index is 2.46. The van der Waals surface area contributed by atoms with E-state index in [0.29, 0.717) is 0 Å². The zero-order chi connectivity index (χ0) is 15.5. The molecule has 1 N–H and O–H groups in total. The van der Waals surface area contributed by atoms with Crippen molar-refractivity contribution in [3.05, 3.63) is 65.0 Å². The number of pyridine rings is 1. The third-order valence-corrected chi connectivity index (χ3v) is 4.02. The molecule has 110 valence electrons. The fourth-order valence-electron chi connectivity index (χ4n) is 2.31. The van der Waals surface area contributed by atoms with Gasteiger partial charge in [-0.25, -0.2) is 0 Å². The Morgan fingerprint density at radius 1 is 1.05 bits per heavy atom. The molecule has 21 heavy (non-hydrogen) atoms. The van der Waals surface area contributed by atoms with E-state index in [1.807, 2.05) is 13.0 Å². The normalized spacial score (nSPS) is 12.3. The van der Waals surface area contributed by atoms with E-state index in [0.717, 1.165) is 17.1 Å². The number of rotatable bonds is 4. The van der Waals surface area contributed by atoms with Crippen molar-refractivity contribution >= 4 is 20.0 Å². The van der Waals surface area contributed by atoms with Gasteiger partial charge >= 0.3 is 0 Å². The van der Waals surface area contributed by atoms with Crippen LogP contribution in [-0.2, 0) is 0 Å². The van der Waals surface area contributed by atoms with Crippen LogP contribution < -0.4 is 4.98 Å². The summed E-state index contributed by atoms with van der Waals surface area (Å²) in [5, 5.41) is 0. The molecule has 2 rings (SSSR count). The fraction of sp³-hybridized carbons (Fsp3) is 0.278. The maximum absolute atomic E-state index is 4.63. The van der Waals surface area contributed by atoms with Crippen molar-refractivity contribution in [3.63, 3.8) is 0 Å². The number of aromatic nitrogens is 1. The van der Waals surface area contributed by atoms with Crippen LogP contribution in [0.15, 0.2) is 42.5 Å². The molecular weight excluding hydrogens is 272 g/mol. The average Bonchev–Trinajstić information content (AvgIpc) is 2.36. The van der Waals surface area contributed by atoms with Crippen LogP contribution in [0.1, 0.15) is 22.5 Å². The molecular formula is C18H24N2Si. The topological polar surface area (TPSA) is 24.9 Å². The van der Waals surface area contributed by atoms with Crippen LogP contribution in [0.25, 0.3) is 11.8 Å². The third kappa shape index (κ3) is 4.87. The van der Waals surface area contributed by atoms with Gasteiger partial charge in [0.25, 0.3) is 0 Å². The van der Waals surface area contributed by atoms with Crippen LogP contribution in [-0.4, -0.2) is 13.2 Å². The molecule has 0 radical (unpaired) electrons. The Kier molecular flexibility index (Phi) is 4.63. The van der Waals surface area contributed by atoms with Crippen molar-refractivity contribution in [3.8, 4) is 0 Å². The quantitative estimate of drug-likeness (QED) is 0.833. The predicted octanol–water partition coefficient (Wildman–Crippen LogP) is 4.62. The van der Waals surface area contributed by atoms with Crippen LogP contribution >= 0.6 is 0 Å². The lowest BCUT2D eigenvalue weighted by Gasteiger charge is -2.22. The van der Waals surface area contributed by atoms with Crippen molar-refractivity contribution in [2.75, 3.05) is 0 Å². The zero-order valence-electron chi connectivity index (χ0n) is 13.6. The van der Waals surface area contributed by atoms with Gasteiger partial charge in [-0.15, -0.1) is 0 Å². The molecule has 0 bridgehead atoms. The molecule has 3 heteroatoms. The van der Waals surface area contributed by atoms with Gasteiger partial charge in [0.05, 0.1) is 5.69 Å². The summed E-state index contributed by atoms with van der Waals surface area (Å²) < 4.78 is 0. The van der Waals surface area contributed by atoms with Crippen LogP contribution in [0.4, 0.5) is 0 Å². The van der Waals surface area contributed by atoms with Crippen LogP contribution in [0.2, 0.25) is 19.6 Å². The zero-order valence-corrected chi connectivity index (χ0v) is 14.6. The molecule has 0 saturated heterocycles. The second-order valence-corrected chi connectivity index (χ2v) is 11.3. The van der Waals surface area contributed by atoms with E-state index in [1.165, 1.54) is 11.1 Å². The highest BCUT2D eigenvalue weighted by atomic mass is 28.3. The lowest BCUT2D eigenvalue weighted by molar-refractivity contribution is 1.15. The summed E-state index contributed by atoms with van der Waals surface area (Å²) in [6, 6.07) is 14.7. The minimum Gasteiger partial charge on any atom is -0.410 e. The number of nitrogens with one attached hydrogen (secondary N) is 1. The standard InChI is InChI=1S/C18H24N2Si/c1-14-11-15(2)19-17(12-14)13-18(20-21(3,4)5)16-9-7-6-8-10-16/h6-13,20H,1-5H3/b18-13-. The molecule has 0 aliphatic heterocycles. The molecule has 0 amide bonds. The van der Waals surface area contributed by atoms with Crippen molar-refractivity contribution in [2.24, 2.45) is 0 Å². The van der Waals surface area contributed by atoms with Gasteiger partial charge in [-0.1, -0.05) is 50.0 Å². The Morgan fingerprint density at radius 3 is 2.29 bits per heavy atom. The number of hydrogen-bond acceptors (Lipinski definition) is 2. The average molecular weight is 296 g/mol. The fourth-order valence-corrected chi connectivity index (χ4v) is 3.33. The van der Waals surface area contributed by atoms with E-state index >= 15 is 0 Å². The van der Waals surface area contributed by atoms with Crippen molar-refractivity contribution in [2.45, 2.75) is 33.5 Å². The van der Waals surface area contributed by atoms with Crippen molar-refractivity contribution in [1.29, 1.82) is 0 Å². The minimum absolute atomic E-state index is 1.01. The van der Waals surface area contributed by atoms with E-state index in [-0.39, 0.29) is 0 Å². The highest BCUT2D eigenvalue weighted by Crippen LogP contribution is 2.18. The van der Waals surface area contributed by atoms with E-state index in [4.69, 9.17) is 0 Å². The van der Waals surface area contributed by atoms with Gasteiger partial charge in [0, 0.05) is 11.4 Å². The SMILES string of the molecule is Cc1cc(C)nc(/C=C(\N[Si](C)(C)C)c2ccccc2)c1. The second kappa shape index (κ2) is 6.27. The van der Waals surface area contributed by atoms with Gasteiger partial charge in [-0.3, -0.25) is 4.98 Å². The van der Waals surface area contributed by atoms with Crippen molar-refractivity contribution < 1.29 is 0 Å². The highest BCUT2D eigenvalue weighted by Gasteiger charge is 2.15. The Bertz CT molecular complexity index is 620. The molecule has 0 aliphatic rings. The molecule has 0 fully saturated rings. The minimum atomic E-state index is -1.43. The molecule has 2 nitrogen and oxygen atoms in total. The maximum Gasteiger partial charge on any atom is 0.144 e. The summed E-state index contributed by atoms with van der Waals surface area (Å²) >= 11 is 0. The molecule has 1 aromatic heterocycles. The van der Waals surface area contributed by atoms with Crippen LogP contribution in [0, 0.1) is 13.8 Å². The van der Waals surface area contributed by atoms with Gasteiger partial charge in [0.2, 0.25) is 0 Å². The lowest BCUT2D eigenvalue weighted by atomic mass is 10.1. The summed E-state index contributed by atoms with van der Waals surface area (Å²) in [5.41, 5.74) is 5.68. The van der Waals surface area contributed by atoms with Crippen LogP contribution in [0.5, 0.6) is 0 Å².